The first-order valence-electron chi connectivity index (χ1n) is 12.4. The van der Waals surface area contributed by atoms with Crippen LogP contribution in [0.5, 0.6) is 5.75 Å². The molecule has 0 amide bonds. The minimum Gasteiger partial charge on any atom is -0.493 e. The molecule has 0 aliphatic heterocycles. The molecule has 0 N–H and O–H groups in total. The lowest BCUT2D eigenvalue weighted by molar-refractivity contribution is 0.0181. The van der Waals surface area contributed by atoms with E-state index in [0.29, 0.717) is 5.41 Å². The Morgan fingerprint density at radius 3 is 2.69 bits per heavy atom. The van der Waals surface area contributed by atoms with Gasteiger partial charge in [-0.1, -0.05) is 33.3 Å². The van der Waals surface area contributed by atoms with Crippen molar-refractivity contribution in [2.24, 2.45) is 23.2 Å². The standard InChI is InChI=1S/C27H42O2/c1-5-7-15-29-26-18-20-8-10-23-22(24(20)17-19(26)6-2)12-14-27(3)21(13-16-28-4)9-11-25(23)27/h17-18,21-23,25H,5-16H2,1-4H3/t21-,22+,23-,25+,27-/m1/s1. The summed E-state index contributed by atoms with van der Waals surface area (Å²) < 4.78 is 11.6. The van der Waals surface area contributed by atoms with Crippen LogP contribution in [0.15, 0.2) is 12.1 Å². The summed E-state index contributed by atoms with van der Waals surface area (Å²) in [7, 11) is 1.86. The van der Waals surface area contributed by atoms with Crippen LogP contribution in [0.1, 0.15) is 94.7 Å². The second-order valence-corrected chi connectivity index (χ2v) is 10.2. The highest BCUT2D eigenvalue weighted by Crippen LogP contribution is 2.63. The zero-order valence-electron chi connectivity index (χ0n) is 19.3. The average Bonchev–Trinajstić information content (AvgIpc) is 3.07. The van der Waals surface area contributed by atoms with Crippen molar-refractivity contribution in [1.82, 2.24) is 0 Å². The summed E-state index contributed by atoms with van der Waals surface area (Å²) in [6.07, 6.45) is 13.0. The Labute approximate surface area is 178 Å². The third-order valence-corrected chi connectivity index (χ3v) is 8.91. The maximum Gasteiger partial charge on any atom is 0.122 e. The van der Waals surface area contributed by atoms with Gasteiger partial charge in [-0.15, -0.1) is 0 Å². The van der Waals surface area contributed by atoms with Gasteiger partial charge in [0, 0.05) is 13.7 Å². The van der Waals surface area contributed by atoms with Crippen molar-refractivity contribution in [1.29, 1.82) is 0 Å². The molecule has 0 spiro atoms. The quantitative estimate of drug-likeness (QED) is 0.442. The number of fused-ring (bicyclic) bond motifs is 5. The summed E-state index contributed by atoms with van der Waals surface area (Å²) in [6, 6.07) is 4.97. The molecule has 2 saturated carbocycles. The lowest BCUT2D eigenvalue weighted by Crippen LogP contribution is -2.42. The van der Waals surface area contributed by atoms with E-state index in [4.69, 9.17) is 9.47 Å². The molecule has 162 valence electrons. The molecule has 1 aromatic rings. The molecular weight excluding hydrogens is 356 g/mol. The van der Waals surface area contributed by atoms with Gasteiger partial charge in [-0.05, 0) is 110 Å². The number of rotatable bonds is 8. The summed E-state index contributed by atoms with van der Waals surface area (Å²) in [4.78, 5) is 0. The van der Waals surface area contributed by atoms with Gasteiger partial charge in [0.15, 0.2) is 0 Å². The molecule has 3 aliphatic rings. The number of methoxy groups -OCH3 is 1. The summed E-state index contributed by atoms with van der Waals surface area (Å²) in [5.74, 6) is 4.63. The number of ether oxygens (including phenoxy) is 2. The SMILES string of the molecule is CCCCOc1cc2c(cc1CC)[C@H]1CC[C@]3(C)[C@@H](CCOC)CC[C@H]3[C@@H]1CC2. The van der Waals surface area contributed by atoms with Gasteiger partial charge in [-0.3, -0.25) is 0 Å². The lowest BCUT2D eigenvalue weighted by atomic mass is 9.54. The zero-order chi connectivity index (χ0) is 20.4. The highest BCUT2D eigenvalue weighted by atomic mass is 16.5. The molecule has 2 heteroatoms. The number of benzene rings is 1. The molecule has 0 unspecified atom stereocenters. The van der Waals surface area contributed by atoms with Crippen molar-refractivity contribution in [3.63, 3.8) is 0 Å². The van der Waals surface area contributed by atoms with Gasteiger partial charge < -0.3 is 9.47 Å². The van der Waals surface area contributed by atoms with Gasteiger partial charge in [-0.25, -0.2) is 0 Å². The second-order valence-electron chi connectivity index (χ2n) is 10.2. The van der Waals surface area contributed by atoms with Gasteiger partial charge in [0.2, 0.25) is 0 Å². The van der Waals surface area contributed by atoms with Crippen molar-refractivity contribution in [2.75, 3.05) is 20.3 Å². The third-order valence-electron chi connectivity index (χ3n) is 8.91. The third kappa shape index (κ3) is 3.87. The van der Waals surface area contributed by atoms with Crippen LogP contribution in [0.4, 0.5) is 0 Å². The Morgan fingerprint density at radius 2 is 1.93 bits per heavy atom. The topological polar surface area (TPSA) is 18.5 Å². The van der Waals surface area contributed by atoms with Crippen molar-refractivity contribution >= 4 is 0 Å². The van der Waals surface area contributed by atoms with Gasteiger partial charge in [0.1, 0.15) is 5.75 Å². The Kier molecular flexibility index (Phi) is 6.59. The summed E-state index contributed by atoms with van der Waals surface area (Å²) >= 11 is 0. The van der Waals surface area contributed by atoms with Gasteiger partial charge >= 0.3 is 0 Å². The van der Waals surface area contributed by atoms with Crippen LogP contribution in [0.25, 0.3) is 0 Å². The summed E-state index contributed by atoms with van der Waals surface area (Å²) in [5.41, 5.74) is 5.25. The summed E-state index contributed by atoms with van der Waals surface area (Å²) in [6.45, 7) is 8.93. The van der Waals surface area contributed by atoms with E-state index in [9.17, 15) is 0 Å². The minimum absolute atomic E-state index is 0.550. The number of hydrogen-bond donors (Lipinski definition) is 0. The molecule has 2 nitrogen and oxygen atoms in total. The van der Waals surface area contributed by atoms with Crippen molar-refractivity contribution < 1.29 is 9.47 Å². The van der Waals surface area contributed by atoms with E-state index in [1.807, 2.05) is 7.11 Å². The molecular formula is C27H42O2. The largest absolute Gasteiger partial charge is 0.493 e. The Morgan fingerprint density at radius 1 is 1.07 bits per heavy atom. The molecule has 0 radical (unpaired) electrons. The van der Waals surface area contributed by atoms with E-state index in [2.05, 4.69) is 32.9 Å². The molecule has 0 saturated heterocycles. The van der Waals surface area contributed by atoms with Crippen LogP contribution in [0, 0.1) is 23.2 Å². The normalized spacial score (nSPS) is 33.1. The van der Waals surface area contributed by atoms with E-state index < -0.39 is 0 Å². The van der Waals surface area contributed by atoms with Crippen LogP contribution in [-0.4, -0.2) is 20.3 Å². The second kappa shape index (κ2) is 9.00. The fourth-order valence-corrected chi connectivity index (χ4v) is 7.23. The number of aryl methyl sites for hydroxylation is 2. The fourth-order valence-electron chi connectivity index (χ4n) is 7.23. The smallest absolute Gasteiger partial charge is 0.122 e. The first-order valence-corrected chi connectivity index (χ1v) is 12.4. The maximum atomic E-state index is 6.20. The van der Waals surface area contributed by atoms with E-state index in [1.54, 1.807) is 11.1 Å². The van der Waals surface area contributed by atoms with E-state index >= 15 is 0 Å². The van der Waals surface area contributed by atoms with Crippen LogP contribution in [0.3, 0.4) is 0 Å². The Bertz CT molecular complexity index is 696. The zero-order valence-corrected chi connectivity index (χ0v) is 19.3. The highest BCUT2D eigenvalue weighted by molar-refractivity contribution is 5.46. The molecule has 1 aromatic carbocycles. The monoisotopic (exact) mass is 398 g/mol. The van der Waals surface area contributed by atoms with Gasteiger partial charge in [-0.2, -0.15) is 0 Å². The molecule has 4 rings (SSSR count). The number of hydrogen-bond acceptors (Lipinski definition) is 2. The molecule has 0 heterocycles. The molecule has 0 bridgehead atoms. The molecule has 29 heavy (non-hydrogen) atoms. The fraction of sp³-hybridized carbons (Fsp3) is 0.778. The Balaban J connectivity index is 1.56. The van der Waals surface area contributed by atoms with Gasteiger partial charge in [0.05, 0.1) is 6.61 Å². The van der Waals surface area contributed by atoms with Crippen LogP contribution in [-0.2, 0) is 17.6 Å². The van der Waals surface area contributed by atoms with E-state index in [-0.39, 0.29) is 0 Å². The maximum absolute atomic E-state index is 6.20. The molecule has 2 fully saturated rings. The van der Waals surface area contributed by atoms with Crippen molar-refractivity contribution in [3.8, 4) is 5.75 Å². The minimum atomic E-state index is 0.550. The van der Waals surface area contributed by atoms with Gasteiger partial charge in [0.25, 0.3) is 0 Å². The molecule has 5 atom stereocenters. The van der Waals surface area contributed by atoms with Crippen LogP contribution < -0.4 is 4.74 Å². The highest BCUT2D eigenvalue weighted by Gasteiger charge is 2.54. The van der Waals surface area contributed by atoms with Crippen molar-refractivity contribution in [2.45, 2.75) is 90.9 Å². The average molecular weight is 399 g/mol. The predicted molar refractivity (Wildman–Crippen MR) is 121 cm³/mol. The molecule has 3 aliphatic carbocycles. The van der Waals surface area contributed by atoms with Crippen LogP contribution >= 0.6 is 0 Å². The first kappa shape index (κ1) is 21.2. The van der Waals surface area contributed by atoms with E-state index in [0.717, 1.165) is 49.7 Å². The Hall–Kier alpha value is -1.02. The van der Waals surface area contributed by atoms with Crippen molar-refractivity contribution in [3.05, 3.63) is 28.8 Å². The lowest BCUT2D eigenvalue weighted by Gasteiger charge is -2.51. The van der Waals surface area contributed by atoms with Crippen LogP contribution in [0.2, 0.25) is 0 Å². The molecule has 0 aromatic heterocycles. The first-order chi connectivity index (χ1) is 14.1. The summed E-state index contributed by atoms with van der Waals surface area (Å²) in [5, 5.41) is 0. The number of unbranched alkanes of at least 4 members (excludes halogenated alkanes) is 1. The van der Waals surface area contributed by atoms with E-state index in [1.165, 1.54) is 62.7 Å². The predicted octanol–water partition coefficient (Wildman–Crippen LogP) is 6.94.